The summed E-state index contributed by atoms with van der Waals surface area (Å²) in [7, 11) is 0. The molecule has 3 rings (SSSR count). The van der Waals surface area contributed by atoms with Gasteiger partial charge in [0, 0.05) is 5.92 Å². The standard InChI is InChI=1S/C24H31NO5/c1-5-12-29-24(28)22-19(13-20-18(7-3)23(27)25(20)22)16-8-10-17(11-9-16)30-14-21(26)15(4)6-2/h8-11,15,18,20H,5-7,12-14H2,1-4H3/t15?,18-,20?/m1/s1. The van der Waals surface area contributed by atoms with Gasteiger partial charge in [0.05, 0.1) is 18.6 Å². The predicted molar refractivity (Wildman–Crippen MR) is 114 cm³/mol. The molecular formula is C24H31NO5. The highest BCUT2D eigenvalue weighted by atomic mass is 16.5. The van der Waals surface area contributed by atoms with Crippen molar-refractivity contribution in [2.75, 3.05) is 13.2 Å². The van der Waals surface area contributed by atoms with Gasteiger partial charge in [0.25, 0.3) is 0 Å². The van der Waals surface area contributed by atoms with Crippen LogP contribution in [0.4, 0.5) is 0 Å². The Labute approximate surface area is 178 Å². The fraction of sp³-hybridized carbons (Fsp3) is 0.542. The van der Waals surface area contributed by atoms with E-state index in [-0.39, 0.29) is 36.2 Å². The lowest BCUT2D eigenvalue weighted by Gasteiger charge is -2.43. The fourth-order valence-electron chi connectivity index (χ4n) is 4.03. The highest BCUT2D eigenvalue weighted by Gasteiger charge is 2.54. The van der Waals surface area contributed by atoms with Crippen LogP contribution in [0.1, 0.15) is 58.9 Å². The molecule has 1 saturated heterocycles. The van der Waals surface area contributed by atoms with Crippen molar-refractivity contribution in [3.8, 4) is 5.75 Å². The molecular weight excluding hydrogens is 382 g/mol. The van der Waals surface area contributed by atoms with Crippen LogP contribution < -0.4 is 4.74 Å². The van der Waals surface area contributed by atoms with Gasteiger partial charge in [-0.2, -0.15) is 0 Å². The first-order valence-electron chi connectivity index (χ1n) is 10.9. The SMILES string of the molecule is CCCOC(=O)C1=C(c2ccc(OCC(=O)C(C)CC)cc2)CC2[C@@H](CC)C(=O)N12. The van der Waals surface area contributed by atoms with Gasteiger partial charge in [-0.1, -0.05) is 39.8 Å². The summed E-state index contributed by atoms with van der Waals surface area (Å²) in [5.74, 6) is 0.203. The van der Waals surface area contributed by atoms with Gasteiger partial charge < -0.3 is 14.4 Å². The second kappa shape index (κ2) is 9.45. The van der Waals surface area contributed by atoms with E-state index in [0.717, 1.165) is 30.4 Å². The van der Waals surface area contributed by atoms with Crippen molar-refractivity contribution < 1.29 is 23.9 Å². The number of amides is 1. The minimum atomic E-state index is -0.434. The van der Waals surface area contributed by atoms with Crippen molar-refractivity contribution >= 4 is 23.2 Å². The van der Waals surface area contributed by atoms with Crippen molar-refractivity contribution in [1.29, 1.82) is 0 Å². The minimum absolute atomic E-state index is 0.00413. The van der Waals surface area contributed by atoms with Gasteiger partial charge in [0.1, 0.15) is 18.1 Å². The Balaban J connectivity index is 1.79. The van der Waals surface area contributed by atoms with E-state index in [4.69, 9.17) is 9.47 Å². The van der Waals surface area contributed by atoms with Gasteiger partial charge in [0.2, 0.25) is 5.91 Å². The topological polar surface area (TPSA) is 72.9 Å². The highest BCUT2D eigenvalue weighted by Crippen LogP contribution is 2.47. The molecule has 0 bridgehead atoms. The molecule has 0 aromatic heterocycles. The third-order valence-electron chi connectivity index (χ3n) is 6.11. The van der Waals surface area contributed by atoms with Crippen molar-refractivity contribution in [1.82, 2.24) is 4.90 Å². The van der Waals surface area contributed by atoms with E-state index in [0.29, 0.717) is 24.5 Å². The molecule has 0 spiro atoms. The van der Waals surface area contributed by atoms with Crippen LogP contribution in [-0.4, -0.2) is 41.8 Å². The lowest BCUT2D eigenvalue weighted by molar-refractivity contribution is -0.156. The molecule has 6 heteroatoms. The number of nitrogens with zero attached hydrogens (tertiary/aromatic N) is 1. The number of carbonyl (C=O) groups is 3. The van der Waals surface area contributed by atoms with Crippen LogP contribution in [0.25, 0.3) is 5.57 Å². The first-order chi connectivity index (χ1) is 14.4. The van der Waals surface area contributed by atoms with Gasteiger partial charge in [-0.25, -0.2) is 4.79 Å². The maximum Gasteiger partial charge on any atom is 0.355 e. The summed E-state index contributed by atoms with van der Waals surface area (Å²) in [4.78, 5) is 38.9. The number of ether oxygens (including phenoxy) is 2. The van der Waals surface area contributed by atoms with Gasteiger partial charge in [-0.3, -0.25) is 9.59 Å². The number of esters is 1. The molecule has 1 amide bonds. The molecule has 2 unspecified atom stereocenters. The number of Topliss-reactive ketones (excluding diaryl/α,β-unsaturated/α-hetero) is 1. The first kappa shape index (κ1) is 22.1. The Morgan fingerprint density at radius 3 is 2.47 bits per heavy atom. The molecule has 0 aliphatic carbocycles. The molecule has 30 heavy (non-hydrogen) atoms. The normalized spacial score (nSPS) is 21.2. The quantitative estimate of drug-likeness (QED) is 0.428. The number of carbonyl (C=O) groups excluding carboxylic acids is 3. The lowest BCUT2D eigenvalue weighted by atomic mass is 9.84. The largest absolute Gasteiger partial charge is 0.486 e. The second-order valence-corrected chi connectivity index (χ2v) is 8.05. The molecule has 2 aliphatic heterocycles. The molecule has 0 N–H and O–H groups in total. The zero-order valence-corrected chi connectivity index (χ0v) is 18.3. The number of β-lactam (4-membered cyclic amide) rings is 1. The Kier molecular flexibility index (Phi) is 6.95. The van der Waals surface area contributed by atoms with E-state index in [1.54, 1.807) is 17.0 Å². The molecule has 162 valence electrons. The van der Waals surface area contributed by atoms with Crippen LogP contribution in [0.15, 0.2) is 30.0 Å². The number of ketones is 1. The molecule has 2 aliphatic rings. The molecule has 0 saturated carbocycles. The van der Waals surface area contributed by atoms with Crippen LogP contribution in [0, 0.1) is 11.8 Å². The number of rotatable bonds is 10. The molecule has 1 aromatic carbocycles. The summed E-state index contributed by atoms with van der Waals surface area (Å²) in [6.07, 6.45) is 2.93. The summed E-state index contributed by atoms with van der Waals surface area (Å²) in [5, 5.41) is 0. The Morgan fingerprint density at radius 1 is 1.17 bits per heavy atom. The molecule has 1 fully saturated rings. The Bertz CT molecular complexity index is 842. The van der Waals surface area contributed by atoms with E-state index >= 15 is 0 Å². The van der Waals surface area contributed by atoms with Crippen LogP contribution in [-0.2, 0) is 19.1 Å². The van der Waals surface area contributed by atoms with Gasteiger partial charge in [-0.15, -0.1) is 0 Å². The van der Waals surface area contributed by atoms with Crippen LogP contribution >= 0.6 is 0 Å². The fourth-order valence-corrected chi connectivity index (χ4v) is 4.03. The van der Waals surface area contributed by atoms with E-state index in [2.05, 4.69) is 0 Å². The maximum atomic E-state index is 12.7. The van der Waals surface area contributed by atoms with Crippen molar-refractivity contribution in [3.05, 3.63) is 35.5 Å². The Morgan fingerprint density at radius 2 is 1.87 bits per heavy atom. The third kappa shape index (κ3) is 4.13. The average molecular weight is 414 g/mol. The summed E-state index contributed by atoms with van der Waals surface area (Å²) < 4.78 is 11.0. The predicted octanol–water partition coefficient (Wildman–Crippen LogP) is 3.99. The van der Waals surface area contributed by atoms with Crippen molar-refractivity contribution in [3.63, 3.8) is 0 Å². The van der Waals surface area contributed by atoms with E-state index in [9.17, 15) is 14.4 Å². The molecule has 2 heterocycles. The highest BCUT2D eigenvalue weighted by molar-refractivity contribution is 6.06. The van der Waals surface area contributed by atoms with Gasteiger partial charge in [-0.05, 0) is 49.0 Å². The molecule has 1 aromatic rings. The van der Waals surface area contributed by atoms with E-state index < -0.39 is 5.97 Å². The summed E-state index contributed by atoms with van der Waals surface area (Å²) in [5.41, 5.74) is 2.09. The van der Waals surface area contributed by atoms with Crippen LogP contribution in [0.2, 0.25) is 0 Å². The molecule has 6 nitrogen and oxygen atoms in total. The maximum absolute atomic E-state index is 12.7. The monoisotopic (exact) mass is 413 g/mol. The van der Waals surface area contributed by atoms with Crippen LogP contribution in [0.5, 0.6) is 5.75 Å². The summed E-state index contributed by atoms with van der Waals surface area (Å²) in [6, 6.07) is 7.39. The number of fused-ring (bicyclic) bond motifs is 1. The number of hydrogen-bond donors (Lipinski definition) is 0. The zero-order chi connectivity index (χ0) is 21.8. The summed E-state index contributed by atoms with van der Waals surface area (Å²) in [6.45, 7) is 8.19. The van der Waals surface area contributed by atoms with E-state index in [1.165, 1.54) is 0 Å². The molecule has 3 atom stereocenters. The second-order valence-electron chi connectivity index (χ2n) is 8.05. The Hall–Kier alpha value is -2.63. The lowest BCUT2D eigenvalue weighted by Crippen LogP contribution is -2.58. The van der Waals surface area contributed by atoms with Crippen molar-refractivity contribution in [2.24, 2.45) is 11.8 Å². The molecule has 0 radical (unpaired) electrons. The van der Waals surface area contributed by atoms with E-state index in [1.807, 2.05) is 39.8 Å². The average Bonchev–Trinajstić information content (AvgIpc) is 3.11. The number of hydrogen-bond acceptors (Lipinski definition) is 5. The number of benzene rings is 1. The van der Waals surface area contributed by atoms with Crippen LogP contribution in [0.3, 0.4) is 0 Å². The third-order valence-corrected chi connectivity index (χ3v) is 6.11. The zero-order valence-electron chi connectivity index (χ0n) is 18.3. The minimum Gasteiger partial charge on any atom is -0.486 e. The van der Waals surface area contributed by atoms with Gasteiger partial charge >= 0.3 is 5.97 Å². The van der Waals surface area contributed by atoms with Crippen molar-refractivity contribution in [2.45, 2.75) is 59.4 Å². The smallest absolute Gasteiger partial charge is 0.355 e. The van der Waals surface area contributed by atoms with Gasteiger partial charge in [0.15, 0.2) is 5.78 Å². The first-order valence-corrected chi connectivity index (χ1v) is 10.9. The summed E-state index contributed by atoms with van der Waals surface area (Å²) >= 11 is 0.